The number of amides is 2. The van der Waals surface area contributed by atoms with E-state index in [1.165, 1.54) is 25.7 Å². The summed E-state index contributed by atoms with van der Waals surface area (Å²) in [4.78, 5) is 36.3. The minimum atomic E-state index is -0.284. The summed E-state index contributed by atoms with van der Waals surface area (Å²) < 4.78 is 0. The SMILES string of the molecule is CCCCCCCCN1C(=O)/C(=C2/C(=O)Nc3ncccc32)c2cccnc21. The van der Waals surface area contributed by atoms with Crippen LogP contribution in [-0.4, -0.2) is 28.3 Å². The van der Waals surface area contributed by atoms with Crippen LogP contribution < -0.4 is 10.2 Å². The molecule has 0 aromatic carbocycles. The highest BCUT2D eigenvalue weighted by Gasteiger charge is 2.40. The van der Waals surface area contributed by atoms with Crippen LogP contribution in [-0.2, 0) is 9.59 Å². The van der Waals surface area contributed by atoms with Crippen molar-refractivity contribution in [2.24, 2.45) is 0 Å². The van der Waals surface area contributed by atoms with Crippen LogP contribution in [0, 0.1) is 0 Å². The summed E-state index contributed by atoms with van der Waals surface area (Å²) in [6, 6.07) is 7.27. The average molecular weight is 376 g/mol. The predicted molar refractivity (Wildman–Crippen MR) is 110 cm³/mol. The maximum Gasteiger partial charge on any atom is 0.261 e. The number of nitrogens with zero attached hydrogens (tertiary/aromatic N) is 3. The van der Waals surface area contributed by atoms with Crippen LogP contribution in [0.4, 0.5) is 11.6 Å². The Morgan fingerprint density at radius 2 is 1.61 bits per heavy atom. The molecule has 6 heteroatoms. The second-order valence-corrected chi connectivity index (χ2v) is 7.20. The van der Waals surface area contributed by atoms with Crippen LogP contribution in [0.3, 0.4) is 0 Å². The molecule has 28 heavy (non-hydrogen) atoms. The molecule has 0 atom stereocenters. The van der Waals surface area contributed by atoms with Gasteiger partial charge in [0.05, 0.1) is 11.1 Å². The second-order valence-electron chi connectivity index (χ2n) is 7.20. The highest BCUT2D eigenvalue weighted by Crippen LogP contribution is 2.43. The van der Waals surface area contributed by atoms with Crippen molar-refractivity contribution in [1.29, 1.82) is 0 Å². The minimum Gasteiger partial charge on any atom is -0.306 e. The molecule has 2 amide bonds. The largest absolute Gasteiger partial charge is 0.306 e. The molecule has 4 rings (SSSR count). The number of fused-ring (bicyclic) bond motifs is 2. The molecule has 2 aromatic heterocycles. The van der Waals surface area contributed by atoms with Crippen LogP contribution in [0.25, 0.3) is 11.1 Å². The van der Waals surface area contributed by atoms with E-state index in [-0.39, 0.29) is 11.8 Å². The fourth-order valence-corrected chi connectivity index (χ4v) is 3.90. The van der Waals surface area contributed by atoms with Crippen LogP contribution in [0.1, 0.15) is 56.6 Å². The first-order valence-electron chi connectivity index (χ1n) is 10.0. The van der Waals surface area contributed by atoms with E-state index in [1.54, 1.807) is 29.4 Å². The molecule has 0 saturated carbocycles. The van der Waals surface area contributed by atoms with Crippen molar-refractivity contribution in [3.8, 4) is 0 Å². The molecular weight excluding hydrogens is 352 g/mol. The van der Waals surface area contributed by atoms with E-state index in [1.807, 2.05) is 12.1 Å². The lowest BCUT2D eigenvalue weighted by Gasteiger charge is -2.15. The lowest BCUT2D eigenvalue weighted by atomic mass is 9.98. The van der Waals surface area contributed by atoms with Crippen LogP contribution in [0.5, 0.6) is 0 Å². The van der Waals surface area contributed by atoms with E-state index in [0.717, 1.165) is 18.4 Å². The quantitative estimate of drug-likeness (QED) is 0.584. The van der Waals surface area contributed by atoms with Gasteiger partial charge in [0.2, 0.25) is 0 Å². The number of nitrogens with one attached hydrogen (secondary N) is 1. The first kappa shape index (κ1) is 18.3. The summed E-state index contributed by atoms with van der Waals surface area (Å²) in [6.45, 7) is 2.82. The molecule has 0 aliphatic carbocycles. The van der Waals surface area contributed by atoms with Gasteiger partial charge in [0.25, 0.3) is 11.8 Å². The minimum absolute atomic E-state index is 0.149. The second kappa shape index (κ2) is 7.92. The lowest BCUT2D eigenvalue weighted by molar-refractivity contribution is -0.114. The number of unbranched alkanes of at least 4 members (excludes halogenated alkanes) is 5. The molecular formula is C22H24N4O2. The van der Waals surface area contributed by atoms with Gasteiger partial charge < -0.3 is 5.32 Å². The molecule has 2 aliphatic heterocycles. The Morgan fingerprint density at radius 3 is 2.43 bits per heavy atom. The fraction of sp³-hybridized carbons (Fsp3) is 0.364. The first-order chi connectivity index (χ1) is 13.7. The summed E-state index contributed by atoms with van der Waals surface area (Å²) in [6.07, 6.45) is 10.2. The molecule has 0 radical (unpaired) electrons. The number of carbonyl (C=O) groups excluding carboxylic acids is 2. The highest BCUT2D eigenvalue weighted by molar-refractivity contribution is 6.49. The van der Waals surface area contributed by atoms with Crippen molar-refractivity contribution in [2.75, 3.05) is 16.8 Å². The number of aromatic nitrogens is 2. The average Bonchev–Trinajstić information content (AvgIpc) is 3.17. The molecule has 0 saturated heterocycles. The van der Waals surface area contributed by atoms with E-state index in [0.29, 0.717) is 34.9 Å². The van der Waals surface area contributed by atoms with Gasteiger partial charge in [-0.2, -0.15) is 0 Å². The van der Waals surface area contributed by atoms with Crippen LogP contribution >= 0.6 is 0 Å². The number of hydrogen-bond donors (Lipinski definition) is 1. The predicted octanol–water partition coefficient (Wildman–Crippen LogP) is 4.05. The number of rotatable bonds is 7. The third-order valence-electron chi connectivity index (χ3n) is 5.29. The third kappa shape index (κ3) is 3.19. The molecule has 0 bridgehead atoms. The maximum absolute atomic E-state index is 13.3. The zero-order chi connectivity index (χ0) is 19.5. The van der Waals surface area contributed by atoms with E-state index in [9.17, 15) is 9.59 Å². The molecule has 0 fully saturated rings. The fourth-order valence-electron chi connectivity index (χ4n) is 3.90. The van der Waals surface area contributed by atoms with Crippen molar-refractivity contribution in [3.63, 3.8) is 0 Å². The number of pyridine rings is 2. The zero-order valence-electron chi connectivity index (χ0n) is 16.1. The Hall–Kier alpha value is -3.02. The van der Waals surface area contributed by atoms with Crippen molar-refractivity contribution < 1.29 is 9.59 Å². The Balaban J connectivity index is 1.64. The molecule has 2 aromatic rings. The van der Waals surface area contributed by atoms with Crippen molar-refractivity contribution in [3.05, 3.63) is 47.8 Å². The van der Waals surface area contributed by atoms with Crippen molar-refractivity contribution >= 4 is 34.6 Å². The van der Waals surface area contributed by atoms with Crippen molar-refractivity contribution in [1.82, 2.24) is 9.97 Å². The van der Waals surface area contributed by atoms with Gasteiger partial charge in [-0.05, 0) is 30.7 Å². The molecule has 144 valence electrons. The van der Waals surface area contributed by atoms with Gasteiger partial charge in [0, 0.05) is 30.1 Å². The van der Waals surface area contributed by atoms with Gasteiger partial charge in [-0.1, -0.05) is 39.0 Å². The Morgan fingerprint density at radius 1 is 0.893 bits per heavy atom. The maximum atomic E-state index is 13.3. The Kier molecular flexibility index (Phi) is 5.19. The van der Waals surface area contributed by atoms with Gasteiger partial charge in [0.15, 0.2) is 0 Å². The van der Waals surface area contributed by atoms with Crippen molar-refractivity contribution in [2.45, 2.75) is 45.4 Å². The monoisotopic (exact) mass is 376 g/mol. The van der Waals surface area contributed by atoms with E-state index in [4.69, 9.17) is 0 Å². The van der Waals surface area contributed by atoms with Crippen LogP contribution in [0.15, 0.2) is 36.7 Å². The number of hydrogen-bond acceptors (Lipinski definition) is 4. The molecule has 2 aliphatic rings. The summed E-state index contributed by atoms with van der Waals surface area (Å²) in [5, 5.41) is 2.76. The Bertz CT molecular complexity index is 951. The van der Waals surface area contributed by atoms with E-state index < -0.39 is 0 Å². The standard InChI is InChI=1S/C22H24N4O2/c1-2-3-4-5-6-7-14-26-20-16(11-9-13-24-20)18(22(26)28)17-15-10-8-12-23-19(15)25-21(17)27/h8-13H,2-7,14H2,1H3,(H,23,25,27)/b18-17+. The topological polar surface area (TPSA) is 75.2 Å². The van der Waals surface area contributed by atoms with Gasteiger partial charge in [-0.3, -0.25) is 14.5 Å². The smallest absolute Gasteiger partial charge is 0.261 e. The molecule has 1 N–H and O–H groups in total. The lowest BCUT2D eigenvalue weighted by Crippen LogP contribution is -2.28. The first-order valence-corrected chi connectivity index (χ1v) is 10.0. The molecule has 0 spiro atoms. The van der Waals surface area contributed by atoms with Crippen LogP contribution in [0.2, 0.25) is 0 Å². The summed E-state index contributed by atoms with van der Waals surface area (Å²) in [7, 11) is 0. The third-order valence-corrected chi connectivity index (χ3v) is 5.29. The van der Waals surface area contributed by atoms with Gasteiger partial charge >= 0.3 is 0 Å². The van der Waals surface area contributed by atoms with Gasteiger partial charge in [0.1, 0.15) is 11.6 Å². The summed E-state index contributed by atoms with van der Waals surface area (Å²) in [5.41, 5.74) is 2.22. The number of anilines is 2. The normalized spacial score (nSPS) is 17.7. The summed E-state index contributed by atoms with van der Waals surface area (Å²) in [5.74, 6) is 0.716. The molecule has 4 heterocycles. The molecule has 6 nitrogen and oxygen atoms in total. The molecule has 0 unspecified atom stereocenters. The Labute approximate surface area is 164 Å². The number of carbonyl (C=O) groups is 2. The van der Waals surface area contributed by atoms with E-state index in [2.05, 4.69) is 22.2 Å². The zero-order valence-corrected chi connectivity index (χ0v) is 16.1. The van der Waals surface area contributed by atoms with Gasteiger partial charge in [-0.15, -0.1) is 0 Å². The van der Waals surface area contributed by atoms with Gasteiger partial charge in [-0.25, -0.2) is 9.97 Å². The summed E-state index contributed by atoms with van der Waals surface area (Å²) >= 11 is 0. The highest BCUT2D eigenvalue weighted by atomic mass is 16.2. The van der Waals surface area contributed by atoms with E-state index >= 15 is 0 Å².